The molecule has 182 valence electrons. The van der Waals surface area contributed by atoms with Crippen LogP contribution >= 0.6 is 0 Å². The van der Waals surface area contributed by atoms with Gasteiger partial charge in [0.05, 0.1) is 18.7 Å². The van der Waals surface area contributed by atoms with Crippen molar-refractivity contribution < 1.29 is 40.8 Å². The van der Waals surface area contributed by atoms with Gasteiger partial charge in [-0.2, -0.15) is 31.3 Å². The third kappa shape index (κ3) is 7.69. The normalized spacial score (nSPS) is 11.4. The summed E-state index contributed by atoms with van der Waals surface area (Å²) >= 11 is 0. The van der Waals surface area contributed by atoms with E-state index >= 15 is 0 Å². The second-order valence-electron chi connectivity index (χ2n) is 6.82. The highest BCUT2D eigenvalue weighted by Crippen LogP contribution is 2.30. The highest BCUT2D eigenvalue weighted by Gasteiger charge is 2.38. The number of halogens is 6. The van der Waals surface area contributed by atoms with Crippen LogP contribution in [0.3, 0.4) is 0 Å². The molecule has 2 aromatic carbocycles. The van der Waals surface area contributed by atoms with Gasteiger partial charge in [0.15, 0.2) is 0 Å². The summed E-state index contributed by atoms with van der Waals surface area (Å²) in [5.74, 6) is -2.03. The molecule has 0 saturated heterocycles. The van der Waals surface area contributed by atoms with Gasteiger partial charge in [-0.15, -0.1) is 0 Å². The third-order valence-electron chi connectivity index (χ3n) is 4.02. The Labute approximate surface area is 188 Å². The predicted octanol–water partition coefficient (Wildman–Crippen LogP) is 4.72. The number of hydrogen-bond donors (Lipinski definition) is 3. The van der Waals surface area contributed by atoms with E-state index in [1.54, 1.807) is 6.92 Å². The van der Waals surface area contributed by atoms with Crippen molar-refractivity contribution >= 4 is 11.6 Å². The Morgan fingerprint density at radius 1 is 1.06 bits per heavy atom. The average Bonchev–Trinajstić information content (AvgIpc) is 3.28. The monoisotopic (exact) mass is 488 g/mol. The summed E-state index contributed by atoms with van der Waals surface area (Å²) in [7, 11) is 0. The molecule has 0 aliphatic carbocycles. The number of carbonyl (C=O) groups is 1. The highest BCUT2D eigenvalue weighted by atomic mass is 19.4. The van der Waals surface area contributed by atoms with E-state index < -0.39 is 23.8 Å². The van der Waals surface area contributed by atoms with Gasteiger partial charge in [0, 0.05) is 16.8 Å². The van der Waals surface area contributed by atoms with Gasteiger partial charge in [0.25, 0.3) is 5.91 Å². The number of aliphatic hydroxyl groups excluding tert-OH is 1. The van der Waals surface area contributed by atoms with Crippen molar-refractivity contribution in [2.45, 2.75) is 25.9 Å². The Balaban J connectivity index is 0.000000287. The van der Waals surface area contributed by atoms with Crippen LogP contribution < -0.4 is 5.32 Å². The molecule has 1 heterocycles. The topological polar surface area (TPSA) is 112 Å². The minimum absolute atomic E-state index is 0.125. The predicted molar refractivity (Wildman–Crippen MR) is 108 cm³/mol. The number of rotatable bonds is 5. The maximum atomic E-state index is 12.4. The van der Waals surface area contributed by atoms with E-state index in [0.717, 1.165) is 12.1 Å². The van der Waals surface area contributed by atoms with Gasteiger partial charge in [-0.3, -0.25) is 4.79 Å². The van der Waals surface area contributed by atoms with Crippen LogP contribution in [0.15, 0.2) is 53.1 Å². The first-order valence-electron chi connectivity index (χ1n) is 9.42. The molecule has 0 saturated carbocycles. The van der Waals surface area contributed by atoms with Crippen molar-refractivity contribution in [3.8, 4) is 11.4 Å². The number of nitrogens with zero attached hydrogens (tertiary/aromatic N) is 2. The second-order valence-corrected chi connectivity index (χ2v) is 6.82. The molecule has 1 amide bonds. The average molecular weight is 488 g/mol. The van der Waals surface area contributed by atoms with Crippen molar-refractivity contribution in [2.75, 3.05) is 6.54 Å². The minimum atomic E-state index is -4.70. The third-order valence-corrected chi connectivity index (χ3v) is 4.02. The van der Waals surface area contributed by atoms with Crippen LogP contribution in [-0.4, -0.2) is 33.4 Å². The molecule has 0 atom stereocenters. The fraction of sp³-hybridized carbons (Fsp3) is 0.238. The highest BCUT2D eigenvalue weighted by molar-refractivity contribution is 5.97. The number of aliphatic hydroxyl groups is 1. The summed E-state index contributed by atoms with van der Waals surface area (Å²) in [5, 5.41) is 21.5. The number of aromatic nitrogens is 2. The minimum Gasteiger partial charge on any atom is -0.392 e. The molecule has 0 aliphatic rings. The first kappa shape index (κ1) is 26.5. The lowest BCUT2D eigenvalue weighted by Gasteiger charge is -2.06. The number of hydrogen-bond acceptors (Lipinski definition) is 6. The Morgan fingerprint density at radius 3 is 2.21 bits per heavy atom. The number of nitrogens with one attached hydrogen (secondary N) is 2. The Hall–Kier alpha value is -3.74. The van der Waals surface area contributed by atoms with Crippen LogP contribution in [0, 0.1) is 5.41 Å². The van der Waals surface area contributed by atoms with Crippen LogP contribution in [0.4, 0.5) is 26.3 Å². The zero-order valence-corrected chi connectivity index (χ0v) is 17.5. The van der Waals surface area contributed by atoms with Crippen molar-refractivity contribution in [3.05, 3.63) is 71.1 Å². The van der Waals surface area contributed by atoms with E-state index in [1.807, 2.05) is 0 Å². The van der Waals surface area contributed by atoms with Crippen LogP contribution in [0.5, 0.6) is 0 Å². The molecule has 0 spiro atoms. The zero-order chi connectivity index (χ0) is 25.5. The van der Waals surface area contributed by atoms with E-state index in [2.05, 4.69) is 20.0 Å². The van der Waals surface area contributed by atoms with Crippen LogP contribution in [-0.2, 0) is 19.0 Å². The van der Waals surface area contributed by atoms with Gasteiger partial charge >= 0.3 is 18.2 Å². The number of amides is 1. The molecule has 0 fully saturated rings. The molecule has 7 nitrogen and oxygen atoms in total. The number of benzene rings is 2. The smallest absolute Gasteiger partial charge is 0.392 e. The first-order chi connectivity index (χ1) is 15.8. The van der Waals surface area contributed by atoms with Crippen molar-refractivity contribution in [1.29, 1.82) is 5.41 Å². The van der Waals surface area contributed by atoms with Gasteiger partial charge in [0.1, 0.15) is 0 Å². The molecule has 3 aromatic rings. The lowest BCUT2D eigenvalue weighted by atomic mass is 10.1. The van der Waals surface area contributed by atoms with E-state index in [4.69, 9.17) is 10.5 Å². The zero-order valence-electron chi connectivity index (χ0n) is 17.5. The maximum Gasteiger partial charge on any atom is 0.471 e. The van der Waals surface area contributed by atoms with Gasteiger partial charge in [-0.25, -0.2) is 0 Å². The number of alkyl halides is 6. The number of carbonyl (C=O) groups excluding carboxylic acids is 1. The lowest BCUT2D eigenvalue weighted by molar-refractivity contribution is -0.159. The molecule has 13 heteroatoms. The maximum absolute atomic E-state index is 12.4. The molecule has 34 heavy (non-hydrogen) atoms. The molecule has 0 radical (unpaired) electrons. The van der Waals surface area contributed by atoms with Crippen molar-refractivity contribution in [1.82, 2.24) is 15.5 Å². The molecule has 0 unspecified atom stereocenters. The fourth-order valence-electron chi connectivity index (χ4n) is 2.39. The Kier molecular flexibility index (Phi) is 8.51. The summed E-state index contributed by atoms with van der Waals surface area (Å²) in [6.07, 6.45) is -9.03. The molecule has 3 rings (SSSR count). The molecule has 1 aromatic heterocycles. The quantitative estimate of drug-likeness (QED) is 0.355. The van der Waals surface area contributed by atoms with Gasteiger partial charge < -0.3 is 20.4 Å². The summed E-state index contributed by atoms with van der Waals surface area (Å²) in [5.41, 5.74) is 0.443. The summed E-state index contributed by atoms with van der Waals surface area (Å²) in [6, 6.07) is 10.3. The van der Waals surface area contributed by atoms with Crippen LogP contribution in [0.2, 0.25) is 0 Å². The van der Waals surface area contributed by atoms with Gasteiger partial charge in [0.2, 0.25) is 5.82 Å². The molecule has 0 aliphatic heterocycles. The fourth-order valence-corrected chi connectivity index (χ4v) is 2.39. The van der Waals surface area contributed by atoms with E-state index in [-0.39, 0.29) is 30.4 Å². The van der Waals surface area contributed by atoms with Crippen LogP contribution in [0.1, 0.15) is 34.3 Å². The van der Waals surface area contributed by atoms with Crippen LogP contribution in [0.25, 0.3) is 11.4 Å². The molecule has 3 N–H and O–H groups in total. The van der Waals surface area contributed by atoms with Gasteiger partial charge in [-0.05, 0) is 36.8 Å². The SMILES string of the molecule is CC(=N)CNC(=O)c1ccc(-c2noc(C(F)(F)F)n2)cc1.OCc1cccc(C(F)(F)F)c1. The lowest BCUT2D eigenvalue weighted by Crippen LogP contribution is -2.27. The Morgan fingerprint density at radius 2 is 1.71 bits per heavy atom. The second kappa shape index (κ2) is 10.9. The standard InChI is InChI=1S/C13H11F3N4O2.C8H7F3O/c1-7(17)6-18-11(21)9-4-2-8(3-5-9)10-19-12(22-20-10)13(14,15)16;9-8(10,11)7-3-1-2-6(4-7)5-12/h2-5,17H,6H2,1H3,(H,18,21);1-4,12H,5H2. The van der Waals surface area contributed by atoms with E-state index in [9.17, 15) is 31.1 Å². The van der Waals surface area contributed by atoms with Gasteiger partial charge in [-0.1, -0.05) is 29.4 Å². The van der Waals surface area contributed by atoms with Crippen molar-refractivity contribution in [2.24, 2.45) is 0 Å². The first-order valence-corrected chi connectivity index (χ1v) is 9.42. The summed E-state index contributed by atoms with van der Waals surface area (Å²) in [6.45, 7) is 1.31. The van der Waals surface area contributed by atoms with E-state index in [0.29, 0.717) is 16.8 Å². The van der Waals surface area contributed by atoms with Crippen molar-refractivity contribution in [3.63, 3.8) is 0 Å². The Bertz CT molecular complexity index is 1120. The molecular formula is C21H18F6N4O3. The van der Waals surface area contributed by atoms with E-state index in [1.165, 1.54) is 36.4 Å². The summed E-state index contributed by atoms with van der Waals surface area (Å²) in [4.78, 5) is 15.0. The summed E-state index contributed by atoms with van der Waals surface area (Å²) < 4.78 is 77.3. The largest absolute Gasteiger partial charge is 0.471 e. The molecule has 0 bridgehead atoms. The molecular weight excluding hydrogens is 470 g/mol.